The number of phenolic OH excluding ortho intramolecular Hbond substituents is 1. The number of aromatic hydroxyl groups is 1. The highest BCUT2D eigenvalue weighted by Gasteiger charge is 2.34. The average Bonchev–Trinajstić information content (AvgIpc) is 2.75. The first kappa shape index (κ1) is 24.4. The maximum Gasteiger partial charge on any atom is 0.416 e. The van der Waals surface area contributed by atoms with Gasteiger partial charge in [-0.1, -0.05) is 12.1 Å². The minimum atomic E-state index is -4.80. The van der Waals surface area contributed by atoms with Crippen molar-refractivity contribution in [2.75, 3.05) is 6.54 Å². The number of rotatable bonds is 6. The van der Waals surface area contributed by atoms with E-state index in [1.54, 1.807) is 0 Å². The predicted octanol–water partition coefficient (Wildman–Crippen LogP) is 3.92. The number of nitro benzene ring substituents is 1. The molecule has 9 nitrogen and oxygen atoms in total. The normalized spacial score (nSPS) is 15.3. The Balaban J connectivity index is 1.91. The van der Waals surface area contributed by atoms with Gasteiger partial charge in [0.15, 0.2) is 16.6 Å². The molecule has 2 amide bonds. The Morgan fingerprint density at radius 3 is 2.47 bits per heavy atom. The van der Waals surface area contributed by atoms with Crippen molar-refractivity contribution in [3.8, 4) is 17.2 Å². The fourth-order valence-corrected chi connectivity index (χ4v) is 3.16. The second kappa shape index (κ2) is 9.31. The Labute approximate surface area is 194 Å². The molecule has 1 aliphatic rings. The summed E-state index contributed by atoms with van der Waals surface area (Å²) in [7, 11) is 0. The van der Waals surface area contributed by atoms with Crippen LogP contribution in [-0.2, 0) is 15.8 Å². The van der Waals surface area contributed by atoms with E-state index in [1.807, 2.05) is 0 Å². The van der Waals surface area contributed by atoms with Gasteiger partial charge in [-0.2, -0.15) is 13.2 Å². The number of carbonyl (C=O) groups excluding carboxylic acids is 2. The van der Waals surface area contributed by atoms with Gasteiger partial charge in [0.2, 0.25) is 5.75 Å². The van der Waals surface area contributed by atoms with Gasteiger partial charge >= 0.3 is 11.9 Å². The number of carbonyl (C=O) groups is 2. The molecule has 0 atom stereocenters. The van der Waals surface area contributed by atoms with E-state index in [4.69, 9.17) is 17.0 Å². The van der Waals surface area contributed by atoms with Crippen LogP contribution in [0.15, 0.2) is 54.6 Å². The number of nitro groups is 1. The number of hydrogen-bond donors (Lipinski definition) is 2. The topological polar surface area (TPSA) is 122 Å². The average molecular weight is 493 g/mol. The first-order valence-electron chi connectivity index (χ1n) is 9.28. The van der Waals surface area contributed by atoms with Crippen LogP contribution in [0.5, 0.6) is 17.2 Å². The minimum Gasteiger partial charge on any atom is -0.504 e. The van der Waals surface area contributed by atoms with Crippen molar-refractivity contribution in [1.29, 1.82) is 0 Å². The third kappa shape index (κ3) is 5.04. The van der Waals surface area contributed by atoms with Crippen LogP contribution in [0, 0.1) is 10.1 Å². The fraction of sp³-hybridized carbons (Fsp3) is 0.0952. The quantitative estimate of drug-likeness (QED) is 0.156. The molecule has 2 aromatic carbocycles. The molecule has 0 saturated carbocycles. The van der Waals surface area contributed by atoms with Crippen molar-refractivity contribution in [3.05, 3.63) is 75.9 Å². The molecule has 1 saturated heterocycles. The zero-order valence-electron chi connectivity index (χ0n) is 17.0. The Kier molecular flexibility index (Phi) is 6.68. The number of nitrogens with one attached hydrogen (secondary N) is 1. The molecule has 0 aliphatic carbocycles. The molecule has 0 radical (unpaired) electrons. The van der Waals surface area contributed by atoms with E-state index < -0.39 is 45.7 Å². The molecule has 176 valence electrons. The molecular formula is C21H14F3N3O6S. The summed E-state index contributed by atoms with van der Waals surface area (Å²) < 4.78 is 43.8. The van der Waals surface area contributed by atoms with Crippen LogP contribution in [-0.4, -0.2) is 38.4 Å². The number of ether oxygens (including phenoxy) is 1. The minimum absolute atomic E-state index is 0.0548. The molecule has 34 heavy (non-hydrogen) atoms. The Hall–Kier alpha value is -4.26. The highest BCUT2D eigenvalue weighted by Crippen LogP contribution is 2.40. The fourth-order valence-electron chi connectivity index (χ4n) is 2.91. The summed E-state index contributed by atoms with van der Waals surface area (Å²) in [6, 6.07) is 5.27. The summed E-state index contributed by atoms with van der Waals surface area (Å²) in [5.74, 6) is -2.83. The van der Waals surface area contributed by atoms with Crippen molar-refractivity contribution in [2.24, 2.45) is 0 Å². The molecule has 1 aliphatic heterocycles. The van der Waals surface area contributed by atoms with E-state index in [9.17, 15) is 38.0 Å². The lowest BCUT2D eigenvalue weighted by Gasteiger charge is -2.27. The lowest BCUT2D eigenvalue weighted by molar-refractivity contribution is -0.385. The summed E-state index contributed by atoms with van der Waals surface area (Å²) in [6.07, 6.45) is -2.20. The Morgan fingerprint density at radius 1 is 1.21 bits per heavy atom. The summed E-state index contributed by atoms with van der Waals surface area (Å²) in [6.45, 7) is 3.57. The standard InChI is InChI=1S/C21H14F3N3O6S/c1-2-7-26-19(30)13(18(29)25-20(26)34)8-11-3-5-17(15(28)9-11)33-16-6-4-12(21(22,23)24)10-14(16)27(31)32/h2-6,8-10,28H,1,7H2,(H,25,29,34)/b13-8+. The molecule has 1 heterocycles. The van der Waals surface area contributed by atoms with Crippen molar-refractivity contribution in [3.63, 3.8) is 0 Å². The van der Waals surface area contributed by atoms with E-state index in [0.29, 0.717) is 12.1 Å². The molecule has 0 aromatic heterocycles. The van der Waals surface area contributed by atoms with E-state index in [2.05, 4.69) is 11.9 Å². The van der Waals surface area contributed by atoms with Crippen LogP contribution in [0.25, 0.3) is 6.08 Å². The summed E-state index contributed by atoms with van der Waals surface area (Å²) in [5, 5.41) is 23.7. The highest BCUT2D eigenvalue weighted by molar-refractivity contribution is 7.80. The second-order valence-electron chi connectivity index (χ2n) is 6.79. The molecule has 0 spiro atoms. The lowest BCUT2D eigenvalue weighted by atomic mass is 10.1. The summed E-state index contributed by atoms with van der Waals surface area (Å²) in [4.78, 5) is 36.0. The van der Waals surface area contributed by atoms with Crippen LogP contribution < -0.4 is 10.1 Å². The van der Waals surface area contributed by atoms with Gasteiger partial charge in [-0.15, -0.1) is 6.58 Å². The molecule has 3 rings (SSSR count). The maximum absolute atomic E-state index is 12.9. The van der Waals surface area contributed by atoms with E-state index >= 15 is 0 Å². The van der Waals surface area contributed by atoms with Gasteiger partial charge in [0, 0.05) is 12.6 Å². The van der Waals surface area contributed by atoms with E-state index in [-0.39, 0.29) is 28.5 Å². The molecule has 0 unspecified atom stereocenters. The van der Waals surface area contributed by atoms with Crippen LogP contribution in [0.3, 0.4) is 0 Å². The molecule has 13 heteroatoms. The maximum atomic E-state index is 12.9. The number of amides is 2. The van der Waals surface area contributed by atoms with Gasteiger partial charge in [0.05, 0.1) is 10.5 Å². The van der Waals surface area contributed by atoms with Gasteiger partial charge in [-0.05, 0) is 48.1 Å². The number of benzene rings is 2. The zero-order valence-corrected chi connectivity index (χ0v) is 17.8. The molecule has 2 N–H and O–H groups in total. The van der Waals surface area contributed by atoms with Gasteiger partial charge in [-0.25, -0.2) is 0 Å². The highest BCUT2D eigenvalue weighted by atomic mass is 32.1. The van der Waals surface area contributed by atoms with Crippen molar-refractivity contribution >= 4 is 40.9 Å². The monoisotopic (exact) mass is 493 g/mol. The van der Waals surface area contributed by atoms with Gasteiger partial charge in [-0.3, -0.25) is 29.9 Å². The zero-order chi connectivity index (χ0) is 25.2. The first-order valence-corrected chi connectivity index (χ1v) is 9.69. The lowest BCUT2D eigenvalue weighted by Crippen LogP contribution is -2.53. The number of hydrogen-bond acceptors (Lipinski definition) is 7. The van der Waals surface area contributed by atoms with Crippen LogP contribution in [0.2, 0.25) is 0 Å². The second-order valence-corrected chi connectivity index (χ2v) is 7.18. The van der Waals surface area contributed by atoms with Crippen molar-refractivity contribution in [2.45, 2.75) is 6.18 Å². The van der Waals surface area contributed by atoms with Crippen molar-refractivity contribution < 1.29 is 37.5 Å². The molecule has 0 bridgehead atoms. The number of alkyl halides is 3. The van der Waals surface area contributed by atoms with Gasteiger partial charge in [0.1, 0.15) is 5.57 Å². The third-order valence-electron chi connectivity index (χ3n) is 4.49. The molecule has 2 aromatic rings. The third-order valence-corrected chi connectivity index (χ3v) is 4.82. The Bertz CT molecular complexity index is 1260. The largest absolute Gasteiger partial charge is 0.504 e. The molecular weight excluding hydrogens is 479 g/mol. The number of halogens is 3. The SMILES string of the molecule is C=CCN1C(=O)/C(=C/c2ccc(Oc3ccc(C(F)(F)F)cc3[N+](=O)[O-])c(O)c2)C(=O)NC1=S. The van der Waals surface area contributed by atoms with Crippen LogP contribution in [0.4, 0.5) is 18.9 Å². The first-order chi connectivity index (χ1) is 15.9. The smallest absolute Gasteiger partial charge is 0.416 e. The predicted molar refractivity (Wildman–Crippen MR) is 117 cm³/mol. The van der Waals surface area contributed by atoms with E-state index in [0.717, 1.165) is 17.0 Å². The number of thiocarbonyl (C=S) groups is 1. The van der Waals surface area contributed by atoms with E-state index in [1.165, 1.54) is 24.3 Å². The van der Waals surface area contributed by atoms with Crippen LogP contribution in [0.1, 0.15) is 11.1 Å². The number of nitrogens with zero attached hydrogens (tertiary/aromatic N) is 2. The van der Waals surface area contributed by atoms with Crippen LogP contribution >= 0.6 is 12.2 Å². The van der Waals surface area contributed by atoms with Gasteiger partial charge in [0.25, 0.3) is 11.8 Å². The number of phenols is 1. The summed E-state index contributed by atoms with van der Waals surface area (Å²) >= 11 is 4.95. The van der Waals surface area contributed by atoms with Gasteiger partial charge < -0.3 is 9.84 Å². The molecule has 1 fully saturated rings. The summed E-state index contributed by atoms with van der Waals surface area (Å²) in [5.41, 5.74) is -2.28. The Morgan fingerprint density at radius 2 is 1.88 bits per heavy atom. The van der Waals surface area contributed by atoms with Crippen molar-refractivity contribution in [1.82, 2.24) is 10.2 Å².